The molecule has 5 rings (SSSR count). The fourth-order valence-electron chi connectivity index (χ4n) is 6.14. The second kappa shape index (κ2) is 12.9. The van der Waals surface area contributed by atoms with Crippen LogP contribution in [0.3, 0.4) is 0 Å². The van der Waals surface area contributed by atoms with E-state index in [2.05, 4.69) is 25.4 Å². The molecule has 10 heteroatoms. The van der Waals surface area contributed by atoms with E-state index in [1.165, 1.54) is 12.1 Å². The number of anilines is 1. The lowest BCUT2D eigenvalue weighted by molar-refractivity contribution is -0.126. The maximum atomic E-state index is 16.3. The molecule has 0 aliphatic carbocycles. The van der Waals surface area contributed by atoms with Crippen LogP contribution in [0.2, 0.25) is 0 Å². The lowest BCUT2D eigenvalue weighted by Gasteiger charge is -2.40. The first-order chi connectivity index (χ1) is 21.4. The third-order valence-corrected chi connectivity index (χ3v) is 8.30. The second-order valence-corrected chi connectivity index (χ2v) is 12.1. The number of fused-ring (bicyclic) bond motifs is 1. The van der Waals surface area contributed by atoms with E-state index < -0.39 is 11.5 Å². The number of nitrogens with zero attached hydrogens (tertiary/aromatic N) is 5. The average Bonchev–Trinajstić information content (AvgIpc) is 3.00. The summed E-state index contributed by atoms with van der Waals surface area (Å²) in [6, 6.07) is 12.1. The summed E-state index contributed by atoms with van der Waals surface area (Å²) in [5.74, 6) is -0.213. The van der Waals surface area contributed by atoms with Crippen molar-refractivity contribution < 1.29 is 9.18 Å². The van der Waals surface area contributed by atoms with Crippen LogP contribution in [0.15, 0.2) is 71.5 Å². The largest absolute Gasteiger partial charge is 0.354 e. The fourth-order valence-corrected chi connectivity index (χ4v) is 6.14. The number of hydrogen-bond donors (Lipinski definition) is 0. The molecule has 7 nitrogen and oxygen atoms in total. The first kappa shape index (κ1) is 31.9. The van der Waals surface area contributed by atoms with Crippen molar-refractivity contribution in [1.82, 2.24) is 19.4 Å². The number of carbonyl (C=O) groups excluding carboxylic acids is 1. The molecule has 0 N–H and O–H groups in total. The molecule has 0 bridgehead atoms. The van der Waals surface area contributed by atoms with Gasteiger partial charge in [0.2, 0.25) is 5.91 Å². The molecule has 45 heavy (non-hydrogen) atoms. The maximum Gasteiger partial charge on any atom is 0.354 e. The lowest BCUT2D eigenvalue weighted by atomic mass is 9.77. The van der Waals surface area contributed by atoms with E-state index in [1.54, 1.807) is 33.9 Å². The van der Waals surface area contributed by atoms with Crippen molar-refractivity contribution in [3.63, 3.8) is 0 Å². The Bertz CT molecular complexity index is 1850. The van der Waals surface area contributed by atoms with Crippen molar-refractivity contribution in [3.05, 3.63) is 99.8 Å². The topological polar surface area (TPSA) is 71.3 Å². The SMILES string of the molecule is [B]C([B])=Cc1ccccc1-c1cc2c(cc1F)c(N1CCN(C(=O)C=C)C[C@@H]1C)nc(=O)n2-c1c(C(C)C)ccnc1C(C)C. The molecular formula is C35H36B2FN5O2. The van der Waals surface area contributed by atoms with Gasteiger partial charge in [0.1, 0.15) is 11.6 Å². The van der Waals surface area contributed by atoms with Crippen molar-refractivity contribution in [2.75, 3.05) is 24.5 Å². The van der Waals surface area contributed by atoms with Gasteiger partial charge in [0, 0.05) is 42.8 Å². The quantitative estimate of drug-likeness (QED) is 0.202. The van der Waals surface area contributed by atoms with E-state index in [1.807, 2.05) is 49.9 Å². The van der Waals surface area contributed by atoms with Crippen LogP contribution >= 0.6 is 0 Å². The predicted molar refractivity (Wildman–Crippen MR) is 182 cm³/mol. The molecule has 2 aromatic carbocycles. The minimum Gasteiger partial charge on any atom is -0.350 e. The molecule has 4 radical (unpaired) electrons. The smallest absolute Gasteiger partial charge is 0.350 e. The van der Waals surface area contributed by atoms with Crippen LogP contribution in [0.1, 0.15) is 63.3 Å². The van der Waals surface area contributed by atoms with E-state index >= 15 is 4.39 Å². The first-order valence-corrected chi connectivity index (χ1v) is 15.2. The average molecular weight is 599 g/mol. The van der Waals surface area contributed by atoms with Gasteiger partial charge < -0.3 is 9.80 Å². The van der Waals surface area contributed by atoms with Crippen LogP contribution in [0.4, 0.5) is 10.2 Å². The maximum absolute atomic E-state index is 16.3. The van der Waals surface area contributed by atoms with E-state index in [0.29, 0.717) is 53.2 Å². The van der Waals surface area contributed by atoms with Gasteiger partial charge in [0.05, 0.1) is 32.6 Å². The molecule has 3 heterocycles. The summed E-state index contributed by atoms with van der Waals surface area (Å²) in [5, 5.41) is 0.569. The van der Waals surface area contributed by atoms with Gasteiger partial charge in [-0.15, -0.1) is 0 Å². The number of amides is 1. The molecular weight excluding hydrogens is 563 g/mol. The summed E-state index contributed by atoms with van der Waals surface area (Å²) < 4.78 is 17.9. The predicted octanol–water partition coefficient (Wildman–Crippen LogP) is 5.69. The van der Waals surface area contributed by atoms with E-state index in [9.17, 15) is 9.59 Å². The van der Waals surface area contributed by atoms with Gasteiger partial charge in [-0.1, -0.05) is 64.6 Å². The molecule has 1 aliphatic heterocycles. The van der Waals surface area contributed by atoms with Crippen molar-refractivity contribution in [2.24, 2.45) is 0 Å². The number of benzene rings is 2. The minimum absolute atomic E-state index is 0.00543. The molecule has 226 valence electrons. The number of aromatic nitrogens is 3. The van der Waals surface area contributed by atoms with Crippen molar-refractivity contribution in [1.29, 1.82) is 0 Å². The summed E-state index contributed by atoms with van der Waals surface area (Å²) in [6.45, 7) is 15.0. The Labute approximate surface area is 266 Å². The first-order valence-electron chi connectivity index (χ1n) is 15.2. The monoisotopic (exact) mass is 599 g/mol. The summed E-state index contributed by atoms with van der Waals surface area (Å²) in [5.41, 5.74) is 3.84. The fraction of sp³-hybridized carbons (Fsp3) is 0.314. The highest BCUT2D eigenvalue weighted by Gasteiger charge is 2.30. The Hall–Kier alpha value is -4.46. The molecule has 0 saturated carbocycles. The summed E-state index contributed by atoms with van der Waals surface area (Å²) >= 11 is 0. The van der Waals surface area contributed by atoms with E-state index in [-0.39, 0.29) is 34.7 Å². The van der Waals surface area contributed by atoms with Crippen molar-refractivity contribution in [2.45, 2.75) is 52.5 Å². The van der Waals surface area contributed by atoms with Crippen molar-refractivity contribution in [3.8, 4) is 16.8 Å². The Balaban J connectivity index is 1.86. The molecule has 1 saturated heterocycles. The molecule has 1 aliphatic rings. The van der Waals surface area contributed by atoms with Gasteiger partial charge in [-0.2, -0.15) is 10.4 Å². The standard InChI is InChI=1S/C35H36B2FN5O2/c1-7-31(44)41-14-15-42(22(6)19-41)34-27-17-28(38)26(25-11-9-8-10-23(25)16-30(36)37)18-29(27)43(35(45)40-34)33-24(20(2)3)12-13-39-32(33)21(4)5/h7-13,16-18,20-22H,1,14-15,19H2,2-6H3/t22-/m0/s1. The molecule has 1 fully saturated rings. The second-order valence-electron chi connectivity index (χ2n) is 12.1. The zero-order valence-corrected chi connectivity index (χ0v) is 26.4. The third-order valence-electron chi connectivity index (χ3n) is 8.30. The molecule has 2 aromatic heterocycles. The van der Waals surface area contributed by atoms with Gasteiger partial charge in [-0.25, -0.2) is 9.18 Å². The normalized spacial score (nSPS) is 15.2. The minimum atomic E-state index is -0.497. The van der Waals surface area contributed by atoms with Gasteiger partial charge in [0.15, 0.2) is 0 Å². The molecule has 4 aromatic rings. The number of halogens is 1. The summed E-state index contributed by atoms with van der Waals surface area (Å²) in [7, 11) is 11.6. The van der Waals surface area contributed by atoms with E-state index in [4.69, 9.17) is 20.7 Å². The highest BCUT2D eigenvalue weighted by molar-refractivity contribution is 6.50. The molecule has 1 atom stereocenters. The van der Waals surface area contributed by atoms with E-state index in [0.717, 1.165) is 11.3 Å². The number of pyridine rings is 1. The van der Waals surface area contributed by atoms with Gasteiger partial charge in [-0.3, -0.25) is 14.3 Å². The van der Waals surface area contributed by atoms with Gasteiger partial charge >= 0.3 is 5.69 Å². The van der Waals surface area contributed by atoms with Crippen LogP contribution in [0, 0.1) is 5.82 Å². The highest BCUT2D eigenvalue weighted by Crippen LogP contribution is 2.37. The van der Waals surface area contributed by atoms with Crippen LogP contribution in [-0.4, -0.2) is 66.7 Å². The van der Waals surface area contributed by atoms with Gasteiger partial charge in [0.25, 0.3) is 0 Å². The summed E-state index contributed by atoms with van der Waals surface area (Å²) in [6.07, 6.45) is 4.65. The zero-order valence-electron chi connectivity index (χ0n) is 26.4. The van der Waals surface area contributed by atoms with Crippen molar-refractivity contribution >= 4 is 44.4 Å². The molecule has 0 spiro atoms. The van der Waals surface area contributed by atoms with Crippen LogP contribution in [0.5, 0.6) is 0 Å². The Morgan fingerprint density at radius 2 is 1.80 bits per heavy atom. The number of hydrogen-bond acceptors (Lipinski definition) is 5. The highest BCUT2D eigenvalue weighted by atomic mass is 19.1. The number of rotatable bonds is 7. The third kappa shape index (κ3) is 6.10. The number of piperazine rings is 1. The van der Waals surface area contributed by atoms with Gasteiger partial charge in [-0.05, 0) is 59.7 Å². The Morgan fingerprint density at radius 1 is 1.07 bits per heavy atom. The van der Waals surface area contributed by atoms with Crippen LogP contribution in [-0.2, 0) is 4.79 Å². The number of carbonyl (C=O) groups is 1. The lowest BCUT2D eigenvalue weighted by Crippen LogP contribution is -2.54. The van der Waals surface area contributed by atoms with Crippen LogP contribution in [0.25, 0.3) is 33.8 Å². The molecule has 1 amide bonds. The van der Waals surface area contributed by atoms with Crippen LogP contribution < -0.4 is 10.6 Å². The Morgan fingerprint density at radius 3 is 2.44 bits per heavy atom. The zero-order chi connectivity index (χ0) is 32.6. The summed E-state index contributed by atoms with van der Waals surface area (Å²) in [4.78, 5) is 39.7. The molecule has 0 unspecified atom stereocenters. The Kier molecular flexibility index (Phi) is 9.14.